The smallest absolute Gasteiger partial charge is 0.349 e. The molecule has 2 aromatic rings. The molecule has 5 rings (SSSR count). The number of halogens is 3. The van der Waals surface area contributed by atoms with Crippen LogP contribution in [0, 0.1) is 12.8 Å². The Hall–Kier alpha value is -2.77. The van der Waals surface area contributed by atoms with E-state index >= 15 is 0 Å². The molecule has 8 heteroatoms. The number of nitrogens with one attached hydrogen (secondary N) is 2. The second kappa shape index (κ2) is 10.6. The number of nitrogens with zero attached hydrogens (tertiary/aromatic N) is 1. The van der Waals surface area contributed by atoms with Crippen molar-refractivity contribution in [1.29, 1.82) is 0 Å². The number of aromatic nitrogens is 1. The van der Waals surface area contributed by atoms with E-state index < -0.39 is 17.6 Å². The highest BCUT2D eigenvalue weighted by atomic mass is 19.4. The maximum Gasteiger partial charge on any atom is 0.410 e. The predicted octanol–water partition coefficient (Wildman–Crippen LogP) is 7.45. The van der Waals surface area contributed by atoms with Crippen LogP contribution in [-0.4, -0.2) is 34.1 Å². The minimum atomic E-state index is -4.58. The van der Waals surface area contributed by atoms with Crippen LogP contribution < -0.4 is 10.6 Å². The van der Waals surface area contributed by atoms with Crippen LogP contribution in [0.15, 0.2) is 24.3 Å². The van der Waals surface area contributed by atoms with E-state index in [-0.39, 0.29) is 22.9 Å². The van der Waals surface area contributed by atoms with Crippen LogP contribution in [0.4, 0.5) is 13.2 Å². The number of benzene rings is 1. The van der Waals surface area contributed by atoms with Crippen molar-refractivity contribution >= 4 is 11.8 Å². The van der Waals surface area contributed by atoms with Crippen LogP contribution in [0.5, 0.6) is 0 Å². The largest absolute Gasteiger partial charge is 0.410 e. The highest BCUT2D eigenvalue weighted by Crippen LogP contribution is 2.49. The zero-order chi connectivity index (χ0) is 28.9. The van der Waals surface area contributed by atoms with Crippen LogP contribution in [0.25, 0.3) is 11.3 Å². The van der Waals surface area contributed by atoms with Crippen molar-refractivity contribution in [2.24, 2.45) is 5.92 Å². The Morgan fingerprint density at radius 2 is 1.62 bits per heavy atom. The Balaban J connectivity index is 1.56. The zero-order valence-corrected chi connectivity index (χ0v) is 24.1. The Labute approximate surface area is 235 Å². The lowest BCUT2D eigenvalue weighted by molar-refractivity contribution is -0.182. The summed E-state index contributed by atoms with van der Waals surface area (Å²) >= 11 is 0. The molecule has 2 N–H and O–H groups in total. The summed E-state index contributed by atoms with van der Waals surface area (Å²) in [4.78, 5) is 26.6. The molecule has 1 aromatic carbocycles. The molecule has 1 aromatic heterocycles. The van der Waals surface area contributed by atoms with E-state index in [0.717, 1.165) is 87.9 Å². The SMILES string of the molecule is Cc1c(C(=O)NC2CCC2)cc(-c2cc(C(=O)NC(C)(C)C(F)(F)F)cc(C3(C)CC3)c2)n1CC1CCCCC1. The Kier molecular flexibility index (Phi) is 7.60. The fraction of sp³-hybridized carbons (Fsp3) is 0.625. The summed E-state index contributed by atoms with van der Waals surface area (Å²) in [6, 6.07) is 7.63. The third-order valence-electron chi connectivity index (χ3n) is 9.54. The molecule has 3 saturated carbocycles. The average Bonchev–Trinajstić information content (AvgIpc) is 3.55. The number of hydrogen-bond donors (Lipinski definition) is 2. The number of hydrogen-bond acceptors (Lipinski definition) is 2. The van der Waals surface area contributed by atoms with Gasteiger partial charge in [0.25, 0.3) is 11.8 Å². The Morgan fingerprint density at radius 1 is 0.950 bits per heavy atom. The van der Waals surface area contributed by atoms with Gasteiger partial charge < -0.3 is 15.2 Å². The number of carbonyl (C=O) groups is 2. The molecule has 40 heavy (non-hydrogen) atoms. The number of alkyl halides is 3. The van der Waals surface area contributed by atoms with Gasteiger partial charge in [-0.05, 0) is 112 Å². The lowest BCUT2D eigenvalue weighted by Gasteiger charge is -2.29. The van der Waals surface area contributed by atoms with Gasteiger partial charge in [0.15, 0.2) is 0 Å². The molecule has 3 aliphatic rings. The third kappa shape index (κ3) is 5.82. The van der Waals surface area contributed by atoms with E-state index in [4.69, 9.17) is 0 Å². The van der Waals surface area contributed by atoms with Gasteiger partial charge in [-0.25, -0.2) is 0 Å². The summed E-state index contributed by atoms with van der Waals surface area (Å²) in [7, 11) is 0. The molecule has 0 aliphatic heterocycles. The van der Waals surface area contributed by atoms with Crippen molar-refractivity contribution < 1.29 is 22.8 Å². The lowest BCUT2D eigenvalue weighted by Crippen LogP contribution is -2.54. The summed E-state index contributed by atoms with van der Waals surface area (Å²) in [6.07, 6.45) is 6.37. The van der Waals surface area contributed by atoms with Crippen molar-refractivity contribution in [3.63, 3.8) is 0 Å². The normalized spacial score (nSPS) is 19.7. The standard InChI is InChI=1S/C32H42F3N3O2/c1-20-26(29(40)36-25-11-8-12-25)18-27(38(20)19-21-9-6-5-7-10-21)22-15-23(17-24(16-22)31(4)13-14-31)28(39)37-30(2,3)32(33,34)35/h15-18,21,25H,5-14,19H2,1-4H3,(H,36,40)(H,37,39). The Morgan fingerprint density at radius 3 is 2.20 bits per heavy atom. The van der Waals surface area contributed by atoms with Crippen molar-refractivity contribution in [2.45, 2.75) is 122 Å². The summed E-state index contributed by atoms with van der Waals surface area (Å²) < 4.78 is 43.0. The minimum absolute atomic E-state index is 0.0824. The highest BCUT2D eigenvalue weighted by Gasteiger charge is 2.48. The van der Waals surface area contributed by atoms with Crippen LogP contribution in [0.2, 0.25) is 0 Å². The number of carbonyl (C=O) groups excluding carboxylic acids is 2. The third-order valence-corrected chi connectivity index (χ3v) is 9.54. The van der Waals surface area contributed by atoms with Crippen LogP contribution in [-0.2, 0) is 12.0 Å². The first-order chi connectivity index (χ1) is 18.8. The topological polar surface area (TPSA) is 63.1 Å². The molecule has 0 bridgehead atoms. The molecule has 0 atom stereocenters. The van der Waals surface area contributed by atoms with E-state index in [1.807, 2.05) is 13.0 Å². The molecular weight excluding hydrogens is 515 g/mol. The van der Waals surface area contributed by atoms with Crippen molar-refractivity contribution in [3.8, 4) is 11.3 Å². The first-order valence-electron chi connectivity index (χ1n) is 14.8. The van der Waals surface area contributed by atoms with Crippen LogP contribution >= 0.6 is 0 Å². The maximum atomic E-state index is 13.6. The maximum absolute atomic E-state index is 13.6. The Bertz CT molecular complexity index is 1280. The van der Waals surface area contributed by atoms with Gasteiger partial charge in [-0.15, -0.1) is 0 Å². The summed E-state index contributed by atoms with van der Waals surface area (Å²) in [5.41, 5.74) is 1.82. The first-order valence-corrected chi connectivity index (χ1v) is 14.8. The quantitative estimate of drug-likeness (QED) is 0.354. The average molecular weight is 558 g/mol. The first kappa shape index (κ1) is 28.7. The second-order valence-electron chi connectivity index (χ2n) is 13.2. The van der Waals surface area contributed by atoms with Gasteiger partial charge in [0.1, 0.15) is 5.54 Å². The van der Waals surface area contributed by atoms with E-state index in [9.17, 15) is 22.8 Å². The summed E-state index contributed by atoms with van der Waals surface area (Å²) in [5.74, 6) is -0.332. The van der Waals surface area contributed by atoms with Gasteiger partial charge in [-0.1, -0.05) is 26.2 Å². The second-order valence-corrected chi connectivity index (χ2v) is 13.2. The van der Waals surface area contributed by atoms with Crippen LogP contribution in [0.1, 0.15) is 117 Å². The molecule has 0 radical (unpaired) electrons. The zero-order valence-electron chi connectivity index (χ0n) is 24.1. The van der Waals surface area contributed by atoms with E-state index in [0.29, 0.717) is 11.5 Å². The molecule has 5 nitrogen and oxygen atoms in total. The van der Waals surface area contributed by atoms with Gasteiger partial charge in [0, 0.05) is 29.5 Å². The number of rotatable bonds is 8. The van der Waals surface area contributed by atoms with Gasteiger partial charge in [0.05, 0.1) is 5.56 Å². The highest BCUT2D eigenvalue weighted by molar-refractivity contribution is 5.98. The molecule has 3 fully saturated rings. The summed E-state index contributed by atoms with van der Waals surface area (Å²) in [5, 5.41) is 5.37. The summed E-state index contributed by atoms with van der Waals surface area (Å²) in [6.45, 7) is 6.83. The van der Waals surface area contributed by atoms with Crippen LogP contribution in [0.3, 0.4) is 0 Å². The molecule has 1 heterocycles. The fourth-order valence-corrected chi connectivity index (χ4v) is 5.95. The molecule has 0 saturated heterocycles. The van der Waals surface area contributed by atoms with Gasteiger partial charge in [0.2, 0.25) is 0 Å². The minimum Gasteiger partial charge on any atom is -0.349 e. The van der Waals surface area contributed by atoms with E-state index in [1.165, 1.54) is 19.3 Å². The molecule has 0 unspecified atom stereocenters. The molecule has 0 spiro atoms. The fourth-order valence-electron chi connectivity index (χ4n) is 5.95. The van der Waals surface area contributed by atoms with Crippen molar-refractivity contribution in [3.05, 3.63) is 46.6 Å². The molecule has 3 aliphatic carbocycles. The molecular formula is C32H42F3N3O2. The van der Waals surface area contributed by atoms with Gasteiger partial charge >= 0.3 is 6.18 Å². The van der Waals surface area contributed by atoms with Crippen molar-refractivity contribution in [2.75, 3.05) is 0 Å². The lowest BCUT2D eigenvalue weighted by atomic mass is 9.89. The van der Waals surface area contributed by atoms with Gasteiger partial charge in [-0.2, -0.15) is 13.2 Å². The van der Waals surface area contributed by atoms with E-state index in [2.05, 4.69) is 28.2 Å². The monoisotopic (exact) mass is 557 g/mol. The van der Waals surface area contributed by atoms with Crippen molar-refractivity contribution in [1.82, 2.24) is 15.2 Å². The molecule has 2 amide bonds. The molecule has 218 valence electrons. The number of amides is 2. The predicted molar refractivity (Wildman–Crippen MR) is 150 cm³/mol. The van der Waals surface area contributed by atoms with E-state index in [1.54, 1.807) is 12.1 Å². The van der Waals surface area contributed by atoms with Gasteiger partial charge in [-0.3, -0.25) is 9.59 Å².